The molecule has 0 fully saturated rings. The van der Waals surface area contributed by atoms with E-state index in [1.165, 1.54) is 11.3 Å². The van der Waals surface area contributed by atoms with Crippen molar-refractivity contribution in [2.24, 2.45) is 0 Å². The minimum Gasteiger partial charge on any atom is -0.481 e. The number of pyridine rings is 1. The minimum atomic E-state index is -0.863. The van der Waals surface area contributed by atoms with Crippen LogP contribution < -0.4 is 0 Å². The van der Waals surface area contributed by atoms with Gasteiger partial charge in [0.15, 0.2) is 0 Å². The maximum absolute atomic E-state index is 10.9. The monoisotopic (exact) mass is 277 g/mol. The van der Waals surface area contributed by atoms with E-state index in [9.17, 15) is 4.79 Å². The summed E-state index contributed by atoms with van der Waals surface area (Å²) in [4.78, 5) is 22.5. The molecule has 2 rings (SSSR count). The van der Waals surface area contributed by atoms with Crippen molar-refractivity contribution < 1.29 is 9.90 Å². The number of hydrogen-bond donors (Lipinski definition) is 1. The molecule has 0 saturated carbocycles. The molecule has 100 valence electrons. The third-order valence-corrected chi connectivity index (χ3v) is 3.55. The van der Waals surface area contributed by atoms with Crippen LogP contribution in [-0.4, -0.2) is 40.0 Å². The second kappa shape index (κ2) is 5.90. The highest BCUT2D eigenvalue weighted by atomic mass is 32.1. The lowest BCUT2D eigenvalue weighted by atomic mass is 10.2. The zero-order valence-electron chi connectivity index (χ0n) is 10.8. The Hall–Kier alpha value is -1.79. The van der Waals surface area contributed by atoms with Gasteiger partial charge in [-0.1, -0.05) is 6.07 Å². The summed E-state index contributed by atoms with van der Waals surface area (Å²) < 4.78 is 0. The summed E-state index contributed by atoms with van der Waals surface area (Å²) >= 11 is 1.50. The van der Waals surface area contributed by atoms with Crippen LogP contribution in [0.3, 0.4) is 0 Å². The second-order valence-corrected chi connectivity index (χ2v) is 5.50. The zero-order chi connectivity index (χ0) is 13.8. The molecule has 2 aromatic rings. The number of carbonyl (C=O) groups is 1. The van der Waals surface area contributed by atoms with Crippen LogP contribution in [0.15, 0.2) is 24.4 Å². The Morgan fingerprint density at radius 3 is 2.79 bits per heavy atom. The van der Waals surface area contributed by atoms with Crippen molar-refractivity contribution in [2.45, 2.75) is 13.0 Å². The average Bonchev–Trinajstić information content (AvgIpc) is 2.72. The van der Waals surface area contributed by atoms with E-state index in [2.05, 4.69) is 9.97 Å². The molecule has 0 aliphatic heterocycles. The van der Waals surface area contributed by atoms with Gasteiger partial charge < -0.3 is 10.0 Å². The summed E-state index contributed by atoms with van der Waals surface area (Å²) in [5.74, 6) is -0.863. The Morgan fingerprint density at radius 2 is 2.21 bits per heavy atom. The van der Waals surface area contributed by atoms with Gasteiger partial charge in [-0.3, -0.25) is 9.78 Å². The summed E-state index contributed by atoms with van der Waals surface area (Å²) in [5.41, 5.74) is 1.41. The first-order chi connectivity index (χ1) is 9.06. The minimum absolute atomic E-state index is 0.0491. The SMILES string of the molecule is CN(C)Cc1sc(-c2ccccn2)nc1CC(=O)O. The maximum Gasteiger partial charge on any atom is 0.309 e. The van der Waals surface area contributed by atoms with Gasteiger partial charge in [-0.15, -0.1) is 11.3 Å². The maximum atomic E-state index is 10.9. The Morgan fingerprint density at radius 1 is 1.42 bits per heavy atom. The molecule has 19 heavy (non-hydrogen) atoms. The summed E-state index contributed by atoms with van der Waals surface area (Å²) in [6, 6.07) is 5.62. The first kappa shape index (κ1) is 13.6. The molecule has 0 saturated heterocycles. The van der Waals surface area contributed by atoms with E-state index in [0.717, 1.165) is 15.6 Å². The van der Waals surface area contributed by atoms with Gasteiger partial charge in [0.1, 0.15) is 5.01 Å². The lowest BCUT2D eigenvalue weighted by Gasteiger charge is -2.07. The Balaban J connectivity index is 2.36. The lowest BCUT2D eigenvalue weighted by molar-refractivity contribution is -0.136. The predicted molar refractivity (Wildman–Crippen MR) is 74.1 cm³/mol. The molecule has 0 bridgehead atoms. The quantitative estimate of drug-likeness (QED) is 0.904. The normalized spacial score (nSPS) is 10.9. The number of nitrogens with zero attached hydrogens (tertiary/aromatic N) is 3. The summed E-state index contributed by atoms with van der Waals surface area (Å²) in [6.45, 7) is 0.688. The summed E-state index contributed by atoms with van der Waals surface area (Å²) in [5, 5.41) is 9.71. The molecular weight excluding hydrogens is 262 g/mol. The van der Waals surface area contributed by atoms with Gasteiger partial charge in [-0.2, -0.15) is 0 Å². The molecule has 0 unspecified atom stereocenters. The number of aromatic nitrogens is 2. The molecule has 1 N–H and O–H groups in total. The molecule has 2 heterocycles. The fourth-order valence-electron chi connectivity index (χ4n) is 1.67. The van der Waals surface area contributed by atoms with Gasteiger partial charge in [-0.05, 0) is 26.2 Å². The molecule has 0 spiro atoms. The van der Waals surface area contributed by atoms with Crippen LogP contribution in [0.4, 0.5) is 0 Å². The van der Waals surface area contributed by atoms with E-state index in [4.69, 9.17) is 5.11 Å². The van der Waals surface area contributed by atoms with Gasteiger partial charge in [0, 0.05) is 17.6 Å². The fraction of sp³-hybridized carbons (Fsp3) is 0.308. The van der Waals surface area contributed by atoms with E-state index in [-0.39, 0.29) is 6.42 Å². The van der Waals surface area contributed by atoms with Crippen molar-refractivity contribution >= 4 is 17.3 Å². The van der Waals surface area contributed by atoms with Crippen LogP contribution in [0.25, 0.3) is 10.7 Å². The van der Waals surface area contributed by atoms with Crippen molar-refractivity contribution in [3.05, 3.63) is 35.0 Å². The number of aliphatic carboxylic acids is 1. The molecule has 2 aromatic heterocycles. The molecule has 0 aromatic carbocycles. The van der Waals surface area contributed by atoms with E-state index < -0.39 is 5.97 Å². The van der Waals surface area contributed by atoms with E-state index in [1.807, 2.05) is 37.2 Å². The molecule has 0 radical (unpaired) electrons. The Kier molecular flexibility index (Phi) is 4.24. The van der Waals surface area contributed by atoms with Crippen LogP contribution in [-0.2, 0) is 17.8 Å². The van der Waals surface area contributed by atoms with Crippen molar-refractivity contribution in [2.75, 3.05) is 14.1 Å². The molecule has 0 atom stereocenters. The highest BCUT2D eigenvalue weighted by Gasteiger charge is 2.16. The third-order valence-electron chi connectivity index (χ3n) is 2.44. The number of carboxylic acids is 1. The summed E-state index contributed by atoms with van der Waals surface area (Å²) in [6.07, 6.45) is 1.66. The number of thiazole rings is 1. The largest absolute Gasteiger partial charge is 0.481 e. The second-order valence-electron chi connectivity index (χ2n) is 4.41. The highest BCUT2D eigenvalue weighted by molar-refractivity contribution is 7.15. The lowest BCUT2D eigenvalue weighted by Crippen LogP contribution is -2.12. The first-order valence-electron chi connectivity index (χ1n) is 5.82. The van der Waals surface area contributed by atoms with E-state index in [0.29, 0.717) is 12.2 Å². The predicted octanol–water partition coefficient (Wildman–Crippen LogP) is 1.89. The standard InChI is InChI=1S/C13H15N3O2S/c1-16(2)8-11-10(7-12(17)18)15-13(19-11)9-5-3-4-6-14-9/h3-6H,7-8H2,1-2H3,(H,17,18). The summed E-state index contributed by atoms with van der Waals surface area (Å²) in [7, 11) is 3.90. The topological polar surface area (TPSA) is 66.3 Å². The Bertz CT molecular complexity index is 567. The van der Waals surface area contributed by atoms with Crippen LogP contribution >= 0.6 is 11.3 Å². The van der Waals surface area contributed by atoms with Gasteiger partial charge >= 0.3 is 5.97 Å². The van der Waals surface area contributed by atoms with Gasteiger partial charge in [0.05, 0.1) is 17.8 Å². The third kappa shape index (κ3) is 3.59. The molecule has 5 nitrogen and oxygen atoms in total. The molecule has 6 heteroatoms. The average molecular weight is 277 g/mol. The van der Waals surface area contributed by atoms with Crippen molar-refractivity contribution in [1.82, 2.24) is 14.9 Å². The van der Waals surface area contributed by atoms with Crippen molar-refractivity contribution in [3.63, 3.8) is 0 Å². The molecule has 0 aliphatic rings. The number of rotatable bonds is 5. The van der Waals surface area contributed by atoms with Gasteiger partial charge in [-0.25, -0.2) is 4.98 Å². The van der Waals surface area contributed by atoms with Gasteiger partial charge in [0.25, 0.3) is 0 Å². The van der Waals surface area contributed by atoms with Crippen molar-refractivity contribution in [3.8, 4) is 10.7 Å². The van der Waals surface area contributed by atoms with Crippen molar-refractivity contribution in [1.29, 1.82) is 0 Å². The van der Waals surface area contributed by atoms with E-state index in [1.54, 1.807) is 6.20 Å². The molecule has 0 amide bonds. The van der Waals surface area contributed by atoms with Crippen LogP contribution in [0.2, 0.25) is 0 Å². The van der Waals surface area contributed by atoms with Gasteiger partial charge in [0.2, 0.25) is 0 Å². The number of hydrogen-bond acceptors (Lipinski definition) is 5. The Labute approximate surface area is 115 Å². The van der Waals surface area contributed by atoms with E-state index >= 15 is 0 Å². The number of carboxylic acid groups (broad SMARTS) is 1. The zero-order valence-corrected chi connectivity index (χ0v) is 11.6. The fourth-order valence-corrected chi connectivity index (χ4v) is 2.85. The van der Waals surface area contributed by atoms with Crippen LogP contribution in [0.5, 0.6) is 0 Å². The first-order valence-corrected chi connectivity index (χ1v) is 6.64. The highest BCUT2D eigenvalue weighted by Crippen LogP contribution is 2.27. The van der Waals surface area contributed by atoms with Crippen LogP contribution in [0, 0.1) is 0 Å². The molecule has 0 aliphatic carbocycles. The van der Waals surface area contributed by atoms with Crippen LogP contribution in [0.1, 0.15) is 10.6 Å². The molecular formula is C13H15N3O2S. The smallest absolute Gasteiger partial charge is 0.309 e.